The first-order valence-electron chi connectivity index (χ1n) is 5.01. The number of ether oxygens (including phenoxy) is 2. The summed E-state index contributed by atoms with van der Waals surface area (Å²) >= 11 is 0. The predicted molar refractivity (Wildman–Crippen MR) is 56.6 cm³/mol. The fourth-order valence-corrected chi connectivity index (χ4v) is 1.11. The van der Waals surface area contributed by atoms with Crippen molar-refractivity contribution in [3.63, 3.8) is 0 Å². The molecule has 16 heavy (non-hydrogen) atoms. The molecule has 6 nitrogen and oxygen atoms in total. The summed E-state index contributed by atoms with van der Waals surface area (Å²) in [5.41, 5.74) is 0.121. The molecule has 1 aliphatic heterocycles. The number of esters is 2. The van der Waals surface area contributed by atoms with Gasteiger partial charge in [0.25, 0.3) is 0 Å². The summed E-state index contributed by atoms with van der Waals surface area (Å²) < 4.78 is 8.98. The molecule has 0 bridgehead atoms. The molecule has 90 valence electrons. The molecule has 1 rings (SSSR count). The van der Waals surface area contributed by atoms with E-state index in [9.17, 15) is 9.59 Å². The van der Waals surface area contributed by atoms with E-state index in [0.717, 1.165) is 25.7 Å². The van der Waals surface area contributed by atoms with Crippen LogP contribution in [0.25, 0.3) is 0 Å². The average Bonchev–Trinajstić information content (AvgIpc) is 3.10. The van der Waals surface area contributed by atoms with Gasteiger partial charge in [-0.05, 0) is 0 Å². The monoisotopic (exact) mass is 228 g/mol. The van der Waals surface area contributed by atoms with E-state index in [1.807, 2.05) is 0 Å². The Morgan fingerprint density at radius 3 is 2.50 bits per heavy atom. The smallest absolute Gasteiger partial charge is 0.354 e. The van der Waals surface area contributed by atoms with Gasteiger partial charge in [0, 0.05) is 26.2 Å². The Balaban J connectivity index is 2.44. The van der Waals surface area contributed by atoms with Gasteiger partial charge >= 0.3 is 11.9 Å². The molecule has 0 aromatic carbocycles. The van der Waals surface area contributed by atoms with Crippen molar-refractivity contribution in [1.29, 1.82) is 0 Å². The van der Waals surface area contributed by atoms with Crippen LogP contribution in [0.1, 0.15) is 0 Å². The lowest BCUT2D eigenvalue weighted by molar-refractivity contribution is -0.138. The van der Waals surface area contributed by atoms with Crippen molar-refractivity contribution in [2.45, 2.75) is 0 Å². The first-order chi connectivity index (χ1) is 7.67. The molecule has 1 aliphatic rings. The Labute approximate surface area is 94.2 Å². The van der Waals surface area contributed by atoms with Gasteiger partial charge in [-0.15, -0.1) is 0 Å². The Morgan fingerprint density at radius 1 is 1.31 bits per heavy atom. The Bertz CT molecular complexity index is 297. The van der Waals surface area contributed by atoms with Crippen molar-refractivity contribution >= 4 is 11.9 Å². The van der Waals surface area contributed by atoms with Gasteiger partial charge < -0.3 is 14.8 Å². The third-order valence-electron chi connectivity index (χ3n) is 2.15. The van der Waals surface area contributed by atoms with Crippen LogP contribution in [0.4, 0.5) is 0 Å². The van der Waals surface area contributed by atoms with Crippen LogP contribution >= 0.6 is 0 Å². The van der Waals surface area contributed by atoms with Crippen LogP contribution in [-0.4, -0.2) is 57.2 Å². The minimum atomic E-state index is -0.584. The fraction of sp³-hybridized carbons (Fsp3) is 0.600. The predicted octanol–water partition coefficient (Wildman–Crippen LogP) is -0.878. The van der Waals surface area contributed by atoms with Crippen molar-refractivity contribution in [2.75, 3.05) is 40.4 Å². The third-order valence-corrected chi connectivity index (χ3v) is 2.15. The van der Waals surface area contributed by atoms with Gasteiger partial charge in [-0.25, -0.2) is 9.59 Å². The second kappa shape index (κ2) is 6.12. The van der Waals surface area contributed by atoms with E-state index in [4.69, 9.17) is 0 Å². The van der Waals surface area contributed by atoms with Crippen LogP contribution in [0.3, 0.4) is 0 Å². The summed E-state index contributed by atoms with van der Waals surface area (Å²) in [6.45, 7) is 3.62. The number of hydrogen-bond acceptors (Lipinski definition) is 6. The summed E-state index contributed by atoms with van der Waals surface area (Å²) in [5.74, 6) is -1.16. The van der Waals surface area contributed by atoms with Crippen LogP contribution in [0.15, 0.2) is 11.8 Å². The molecule has 1 fully saturated rings. The van der Waals surface area contributed by atoms with E-state index >= 15 is 0 Å². The van der Waals surface area contributed by atoms with Crippen LogP contribution in [0, 0.1) is 0 Å². The van der Waals surface area contributed by atoms with E-state index in [1.54, 1.807) is 0 Å². The molecular formula is C10H16N2O4. The summed E-state index contributed by atoms with van der Waals surface area (Å²) in [6, 6.07) is 0. The van der Waals surface area contributed by atoms with Crippen molar-refractivity contribution < 1.29 is 19.1 Å². The molecule has 0 unspecified atom stereocenters. The van der Waals surface area contributed by atoms with E-state index in [2.05, 4.69) is 19.7 Å². The zero-order valence-electron chi connectivity index (χ0n) is 9.49. The molecule has 0 aromatic heterocycles. The topological polar surface area (TPSA) is 67.6 Å². The molecule has 0 amide bonds. The lowest BCUT2D eigenvalue weighted by atomic mass is 10.4. The molecule has 1 saturated heterocycles. The van der Waals surface area contributed by atoms with Gasteiger partial charge in [-0.2, -0.15) is 0 Å². The second-order valence-corrected chi connectivity index (χ2v) is 3.34. The van der Waals surface area contributed by atoms with Crippen molar-refractivity contribution in [2.24, 2.45) is 0 Å². The van der Waals surface area contributed by atoms with Gasteiger partial charge in [0.15, 0.2) is 0 Å². The SMILES string of the molecule is COC(=O)/C=C(\NCCN1CC1)C(=O)OC. The number of nitrogens with zero attached hydrogens (tertiary/aromatic N) is 1. The van der Waals surface area contributed by atoms with Crippen molar-refractivity contribution in [3.05, 3.63) is 11.8 Å². The maximum atomic E-state index is 11.3. The normalized spacial score (nSPS) is 15.5. The summed E-state index contributed by atoms with van der Waals surface area (Å²) in [6.07, 6.45) is 1.09. The number of rotatable bonds is 6. The van der Waals surface area contributed by atoms with Gasteiger partial charge in [0.2, 0.25) is 0 Å². The highest BCUT2D eigenvalue weighted by Gasteiger charge is 2.17. The van der Waals surface area contributed by atoms with Crippen LogP contribution < -0.4 is 5.32 Å². The fourth-order valence-electron chi connectivity index (χ4n) is 1.11. The van der Waals surface area contributed by atoms with Gasteiger partial charge in [0.05, 0.1) is 20.3 Å². The Morgan fingerprint density at radius 2 is 2.00 bits per heavy atom. The number of hydrogen-bond donors (Lipinski definition) is 1. The highest BCUT2D eigenvalue weighted by molar-refractivity contribution is 5.95. The van der Waals surface area contributed by atoms with E-state index in [0.29, 0.717) is 6.54 Å². The highest BCUT2D eigenvalue weighted by Crippen LogP contribution is 2.01. The third kappa shape index (κ3) is 4.31. The molecule has 1 heterocycles. The number of carbonyl (C=O) groups is 2. The molecular weight excluding hydrogens is 212 g/mol. The lowest BCUT2D eigenvalue weighted by Crippen LogP contribution is -2.27. The quantitative estimate of drug-likeness (QED) is 0.362. The van der Waals surface area contributed by atoms with E-state index < -0.39 is 11.9 Å². The molecule has 0 saturated carbocycles. The maximum Gasteiger partial charge on any atom is 0.354 e. The first kappa shape index (κ1) is 12.5. The van der Waals surface area contributed by atoms with Crippen LogP contribution in [-0.2, 0) is 19.1 Å². The summed E-state index contributed by atoms with van der Waals surface area (Å²) in [4.78, 5) is 24.5. The molecule has 0 atom stereocenters. The number of methoxy groups -OCH3 is 2. The van der Waals surface area contributed by atoms with E-state index in [-0.39, 0.29) is 5.70 Å². The minimum Gasteiger partial charge on any atom is -0.466 e. The van der Waals surface area contributed by atoms with Crippen molar-refractivity contribution in [3.8, 4) is 0 Å². The van der Waals surface area contributed by atoms with Gasteiger partial charge in [-0.3, -0.25) is 4.90 Å². The van der Waals surface area contributed by atoms with Crippen LogP contribution in [0.5, 0.6) is 0 Å². The maximum absolute atomic E-state index is 11.3. The second-order valence-electron chi connectivity index (χ2n) is 3.34. The number of nitrogens with one attached hydrogen (secondary N) is 1. The summed E-state index contributed by atoms with van der Waals surface area (Å²) in [5, 5.41) is 2.85. The largest absolute Gasteiger partial charge is 0.466 e. The molecule has 0 aromatic rings. The molecule has 0 radical (unpaired) electrons. The zero-order chi connectivity index (χ0) is 12.0. The van der Waals surface area contributed by atoms with Gasteiger partial charge in [-0.1, -0.05) is 0 Å². The van der Waals surface area contributed by atoms with Crippen LogP contribution in [0.2, 0.25) is 0 Å². The van der Waals surface area contributed by atoms with Crippen molar-refractivity contribution in [1.82, 2.24) is 10.2 Å². The molecule has 0 aliphatic carbocycles. The highest BCUT2D eigenvalue weighted by atomic mass is 16.5. The lowest BCUT2D eigenvalue weighted by Gasteiger charge is -2.08. The number of carbonyl (C=O) groups excluding carboxylic acids is 2. The zero-order valence-corrected chi connectivity index (χ0v) is 9.49. The molecule has 1 N–H and O–H groups in total. The Hall–Kier alpha value is -1.56. The molecule has 0 spiro atoms. The average molecular weight is 228 g/mol. The first-order valence-corrected chi connectivity index (χ1v) is 5.01. The standard InChI is InChI=1S/C10H16N2O4/c1-15-9(13)7-8(10(14)16-2)11-3-4-12-5-6-12/h7,11H,3-6H2,1-2H3/b8-7-. The minimum absolute atomic E-state index is 0.121. The van der Waals surface area contributed by atoms with Gasteiger partial charge in [0.1, 0.15) is 5.70 Å². The summed E-state index contributed by atoms with van der Waals surface area (Å²) in [7, 11) is 2.52. The molecule has 6 heteroatoms. The Kier molecular flexibility index (Phi) is 4.78. The van der Waals surface area contributed by atoms with E-state index in [1.165, 1.54) is 14.2 Å².